The summed E-state index contributed by atoms with van der Waals surface area (Å²) in [6, 6.07) is 60.9. The van der Waals surface area contributed by atoms with Crippen LogP contribution in [0.15, 0.2) is 164 Å². The topological polar surface area (TPSA) is 3.24 Å². The van der Waals surface area contributed by atoms with E-state index in [0.717, 1.165) is 5.69 Å². The molecule has 1 aliphatic rings. The van der Waals surface area contributed by atoms with Gasteiger partial charge in [0.2, 0.25) is 0 Å². The second-order valence-corrected chi connectivity index (χ2v) is 16.0. The van der Waals surface area contributed by atoms with Gasteiger partial charge in [0.15, 0.2) is 0 Å². The number of fused-ring (bicyclic) bond motifs is 9. The van der Waals surface area contributed by atoms with Crippen LogP contribution in [0.1, 0.15) is 25.0 Å². The molecule has 0 spiro atoms. The Bertz CT molecular complexity index is 2740. The van der Waals surface area contributed by atoms with Crippen LogP contribution in [0.25, 0.3) is 63.1 Å². The minimum absolute atomic E-state index is 0.137. The number of anilines is 3. The van der Waals surface area contributed by atoms with Crippen molar-refractivity contribution in [2.24, 2.45) is 0 Å². The molecule has 49 heavy (non-hydrogen) atoms. The molecule has 0 saturated carbocycles. The molecule has 0 bridgehead atoms. The fraction of sp³-hybridized carbons (Fsp3) is 0.0638. The quantitative estimate of drug-likeness (QED) is 0.131. The Labute approximate surface area is 292 Å². The normalized spacial score (nSPS) is 13.3. The van der Waals surface area contributed by atoms with Gasteiger partial charge in [-0.05, 0) is 10.8 Å². The van der Waals surface area contributed by atoms with Crippen LogP contribution in [0.3, 0.4) is 0 Å². The molecule has 0 atom stereocenters. The number of rotatable bonds is 4. The van der Waals surface area contributed by atoms with Gasteiger partial charge in [0, 0.05) is 0 Å². The van der Waals surface area contributed by atoms with E-state index in [1.165, 1.54) is 85.6 Å². The first-order valence-electron chi connectivity index (χ1n) is 17.0. The summed E-state index contributed by atoms with van der Waals surface area (Å²) in [5.74, 6) is 0. The summed E-state index contributed by atoms with van der Waals surface area (Å²) in [5.41, 5.74) is 11.5. The monoisotopic (exact) mass is 691 g/mol. The molecule has 10 rings (SSSR count). The van der Waals surface area contributed by atoms with Crippen LogP contribution in [0.4, 0.5) is 17.1 Å². The predicted molar refractivity (Wildman–Crippen MR) is 211 cm³/mol. The van der Waals surface area contributed by atoms with E-state index in [-0.39, 0.29) is 19.9 Å². The fourth-order valence-electron chi connectivity index (χ4n) is 8.16. The van der Waals surface area contributed by atoms with E-state index < -0.39 is 0 Å². The van der Waals surface area contributed by atoms with Crippen LogP contribution < -0.4 is 4.90 Å². The summed E-state index contributed by atoms with van der Waals surface area (Å²) in [6.07, 6.45) is 0. The van der Waals surface area contributed by atoms with Gasteiger partial charge in [-0.3, -0.25) is 0 Å². The summed E-state index contributed by atoms with van der Waals surface area (Å²) in [5, 5.41) is 7.97. The number of hydrogen-bond donors (Lipinski definition) is 0. The van der Waals surface area contributed by atoms with Crippen LogP contribution in [-0.4, -0.2) is 14.5 Å². The molecule has 0 radical (unpaired) electrons. The zero-order valence-electron chi connectivity index (χ0n) is 27.4. The summed E-state index contributed by atoms with van der Waals surface area (Å²) >= 11 is 0.255. The molecule has 8 aromatic carbocycles. The minimum atomic E-state index is -0.137. The summed E-state index contributed by atoms with van der Waals surface area (Å²) in [6.45, 7) is 4.79. The van der Waals surface area contributed by atoms with E-state index in [2.05, 4.69) is 183 Å². The van der Waals surface area contributed by atoms with Crippen LogP contribution in [0, 0.1) is 0 Å². The molecule has 0 amide bonds. The number of nitrogens with zero attached hydrogens (tertiary/aromatic N) is 1. The van der Waals surface area contributed by atoms with Crippen molar-refractivity contribution in [1.29, 1.82) is 0 Å². The first-order valence-corrected chi connectivity index (χ1v) is 18.7. The Balaban J connectivity index is 1.14. The van der Waals surface area contributed by atoms with Crippen molar-refractivity contribution >= 4 is 72.4 Å². The van der Waals surface area contributed by atoms with Crippen molar-refractivity contribution in [1.82, 2.24) is 0 Å². The molecule has 1 heterocycles. The van der Waals surface area contributed by atoms with Gasteiger partial charge in [-0.25, -0.2) is 0 Å². The molecule has 1 nitrogen and oxygen atoms in total. The second-order valence-electron chi connectivity index (χ2n) is 13.8. The third-order valence-electron chi connectivity index (χ3n) is 10.6. The maximum absolute atomic E-state index is 2.46. The maximum atomic E-state index is 2.46. The van der Waals surface area contributed by atoms with Gasteiger partial charge in [0.05, 0.1) is 0 Å². The molecule has 0 N–H and O–H groups in total. The summed E-state index contributed by atoms with van der Waals surface area (Å²) in [7, 11) is 0. The SMILES string of the molecule is CC1(C)c2cc(N(c3ccccc3)c3ccc4[se]c5c(-c6ccccc6)cccc5c4c3)ccc2-c2cc3ccc4ccccc4c3cc21. The molecule has 1 aliphatic carbocycles. The van der Waals surface area contributed by atoms with Crippen LogP contribution in [0.2, 0.25) is 0 Å². The van der Waals surface area contributed by atoms with E-state index in [9.17, 15) is 0 Å². The van der Waals surface area contributed by atoms with Gasteiger partial charge in [0.25, 0.3) is 0 Å². The number of para-hydroxylation sites is 1. The van der Waals surface area contributed by atoms with Crippen molar-refractivity contribution in [3.63, 3.8) is 0 Å². The second kappa shape index (κ2) is 10.8. The van der Waals surface area contributed by atoms with Crippen molar-refractivity contribution in [3.8, 4) is 22.3 Å². The first kappa shape index (κ1) is 28.6. The third kappa shape index (κ3) is 4.38. The molecule has 232 valence electrons. The first-order chi connectivity index (χ1) is 24.0. The van der Waals surface area contributed by atoms with Gasteiger partial charge < -0.3 is 0 Å². The Hall–Kier alpha value is -5.40. The van der Waals surface area contributed by atoms with Crippen LogP contribution in [0.5, 0.6) is 0 Å². The molecule has 0 unspecified atom stereocenters. The number of benzene rings is 8. The van der Waals surface area contributed by atoms with E-state index in [4.69, 9.17) is 0 Å². The van der Waals surface area contributed by atoms with Gasteiger partial charge in [-0.15, -0.1) is 0 Å². The van der Waals surface area contributed by atoms with Crippen LogP contribution in [-0.2, 0) is 5.41 Å². The molecular weight excluding hydrogens is 657 g/mol. The molecule has 9 aromatic rings. The standard InChI is InChI=1S/C47H33NSe/c1-47(2)43-28-35(22-24-38(43)41-26-32-21-20-31-14-9-10-17-36(31)40(32)29-44(41)47)48(33-15-7-4-8-16-33)34-23-25-45-42(27-34)39-19-11-18-37(46(39)49-45)30-12-5-3-6-13-30/h3-29H,1-2H3. The van der Waals surface area contributed by atoms with E-state index >= 15 is 0 Å². The summed E-state index contributed by atoms with van der Waals surface area (Å²) < 4.78 is 2.93. The van der Waals surface area contributed by atoms with Gasteiger partial charge in [-0.1, -0.05) is 36.4 Å². The number of hydrogen-bond acceptors (Lipinski definition) is 1. The third-order valence-corrected chi connectivity index (χ3v) is 13.2. The Kier molecular flexibility index (Phi) is 6.31. The Morgan fingerprint density at radius 1 is 0.429 bits per heavy atom. The van der Waals surface area contributed by atoms with Crippen molar-refractivity contribution in [2.45, 2.75) is 19.3 Å². The van der Waals surface area contributed by atoms with Gasteiger partial charge in [0.1, 0.15) is 0 Å². The molecular formula is C47H33NSe. The molecule has 0 saturated heterocycles. The zero-order valence-corrected chi connectivity index (χ0v) is 29.2. The Morgan fingerprint density at radius 3 is 1.98 bits per heavy atom. The molecule has 2 heteroatoms. The van der Waals surface area contributed by atoms with E-state index in [1.54, 1.807) is 0 Å². The summed E-state index contributed by atoms with van der Waals surface area (Å²) in [4.78, 5) is 2.44. The van der Waals surface area contributed by atoms with Crippen molar-refractivity contribution in [2.75, 3.05) is 4.90 Å². The predicted octanol–water partition coefficient (Wildman–Crippen LogP) is 12.8. The van der Waals surface area contributed by atoms with Crippen LogP contribution >= 0.6 is 0 Å². The molecule has 0 aliphatic heterocycles. The molecule has 0 fully saturated rings. The average Bonchev–Trinajstić information content (AvgIpc) is 3.63. The molecule has 1 aromatic heterocycles. The van der Waals surface area contributed by atoms with Gasteiger partial charge in [-0.2, -0.15) is 0 Å². The van der Waals surface area contributed by atoms with E-state index in [1.807, 2.05) is 0 Å². The zero-order chi connectivity index (χ0) is 32.7. The van der Waals surface area contributed by atoms with Crippen molar-refractivity contribution < 1.29 is 0 Å². The average molecular weight is 691 g/mol. The van der Waals surface area contributed by atoms with E-state index in [0.29, 0.717) is 0 Å². The Morgan fingerprint density at radius 2 is 1.12 bits per heavy atom. The fourth-order valence-corrected chi connectivity index (χ4v) is 10.7. The van der Waals surface area contributed by atoms with Gasteiger partial charge >= 0.3 is 247 Å². The van der Waals surface area contributed by atoms with Crippen molar-refractivity contribution in [3.05, 3.63) is 175 Å².